The molecule has 0 bridgehead atoms. The fraction of sp³-hybridized carbons (Fsp3) is 0.152. The number of hydrogen-bond donors (Lipinski definition) is 0. The van der Waals surface area contributed by atoms with Gasteiger partial charge >= 0.3 is 0 Å². The van der Waals surface area contributed by atoms with Crippen molar-refractivity contribution in [2.75, 3.05) is 6.66 Å². The van der Waals surface area contributed by atoms with Gasteiger partial charge in [-0.15, -0.1) is 0 Å². The first-order chi connectivity index (χ1) is 17.7. The minimum Gasteiger partial charge on any atom is -1.00 e. The van der Waals surface area contributed by atoms with Crippen molar-refractivity contribution in [3.63, 3.8) is 0 Å². The Morgan fingerprint density at radius 2 is 1.16 bits per heavy atom. The van der Waals surface area contributed by atoms with Crippen molar-refractivity contribution >= 4 is 23.2 Å². The standard InChI is InChI=1S/C33H32N2P.BrH/c1-3-4-13-26-20-22-27(23-21-26)28-24-34-33(35-25-28)31-18-11-12-19-32(31)36(2,29-14-7-5-8-15-29)30-16-9-6-10-17-30;/h5-12,14-25H,3-4,13H2,1-2H3;1H/q+1;/p-1. The number of aromatic nitrogens is 2. The fourth-order valence-corrected chi connectivity index (χ4v) is 8.23. The highest BCUT2D eigenvalue weighted by Gasteiger charge is 2.42. The van der Waals surface area contributed by atoms with E-state index in [0.717, 1.165) is 28.9 Å². The summed E-state index contributed by atoms with van der Waals surface area (Å²) in [5, 5.41) is 4.00. The maximum atomic E-state index is 4.87. The molecule has 186 valence electrons. The number of rotatable bonds is 8. The Balaban J connectivity index is 0.00000320. The summed E-state index contributed by atoms with van der Waals surface area (Å²) in [6.45, 7) is 4.64. The zero-order chi connectivity index (χ0) is 24.8. The van der Waals surface area contributed by atoms with Gasteiger partial charge in [-0.05, 0) is 60.4 Å². The second-order valence-corrected chi connectivity index (χ2v) is 12.8. The maximum absolute atomic E-state index is 4.87. The summed E-state index contributed by atoms with van der Waals surface area (Å²) in [5.74, 6) is 0.770. The molecule has 0 fully saturated rings. The lowest BCUT2D eigenvalue weighted by molar-refractivity contribution is -0.00000722. The molecule has 0 N–H and O–H groups in total. The van der Waals surface area contributed by atoms with E-state index < -0.39 is 7.26 Å². The third kappa shape index (κ3) is 5.74. The van der Waals surface area contributed by atoms with Crippen LogP contribution in [0.2, 0.25) is 0 Å². The minimum absolute atomic E-state index is 0. The molecule has 5 aromatic rings. The molecule has 0 aliphatic heterocycles. The van der Waals surface area contributed by atoms with Crippen LogP contribution in [0.5, 0.6) is 0 Å². The number of hydrogen-bond acceptors (Lipinski definition) is 2. The Labute approximate surface area is 232 Å². The van der Waals surface area contributed by atoms with Crippen molar-refractivity contribution in [1.82, 2.24) is 9.97 Å². The fourth-order valence-electron chi connectivity index (χ4n) is 4.79. The number of benzene rings is 4. The Morgan fingerprint density at radius 1 is 0.622 bits per heavy atom. The number of halogens is 1. The first kappa shape index (κ1) is 26.9. The SMILES string of the molecule is CCCCc1ccc(-c2cnc(-c3ccccc3[P+](C)(c3ccccc3)c3ccccc3)nc2)cc1.[Br-]. The molecule has 0 saturated carbocycles. The lowest BCUT2D eigenvalue weighted by Crippen LogP contribution is -3.00. The van der Waals surface area contributed by atoms with E-state index in [1.54, 1.807) is 0 Å². The largest absolute Gasteiger partial charge is 1.00 e. The molecule has 0 unspecified atom stereocenters. The van der Waals surface area contributed by atoms with Gasteiger partial charge in [-0.3, -0.25) is 0 Å². The Hall–Kier alpha value is -3.13. The van der Waals surface area contributed by atoms with E-state index in [0.29, 0.717) is 0 Å². The molecular weight excluding hydrogens is 535 g/mol. The number of unbranched alkanes of at least 4 members (excludes halogenated alkanes) is 1. The molecule has 5 rings (SSSR count). The summed E-state index contributed by atoms with van der Waals surface area (Å²) in [4.78, 5) is 9.73. The highest BCUT2D eigenvalue weighted by Crippen LogP contribution is 2.53. The quantitative estimate of drug-likeness (QED) is 0.264. The topological polar surface area (TPSA) is 25.8 Å². The predicted octanol–water partition coefficient (Wildman–Crippen LogP) is 4.08. The first-order valence-corrected chi connectivity index (χ1v) is 14.9. The van der Waals surface area contributed by atoms with Crippen LogP contribution in [0.15, 0.2) is 122 Å². The second kappa shape index (κ2) is 12.4. The van der Waals surface area contributed by atoms with Gasteiger partial charge in [0, 0.05) is 18.0 Å². The van der Waals surface area contributed by atoms with Crippen LogP contribution in [0.1, 0.15) is 25.3 Å². The summed E-state index contributed by atoms with van der Waals surface area (Å²) < 4.78 is 0. The monoisotopic (exact) mass is 566 g/mol. The minimum atomic E-state index is -1.89. The van der Waals surface area contributed by atoms with Crippen LogP contribution in [-0.2, 0) is 6.42 Å². The van der Waals surface area contributed by atoms with Gasteiger partial charge in [0.1, 0.15) is 23.2 Å². The van der Waals surface area contributed by atoms with Gasteiger partial charge in [-0.25, -0.2) is 9.97 Å². The number of nitrogens with zero attached hydrogens (tertiary/aromatic N) is 2. The molecule has 0 spiro atoms. The Morgan fingerprint density at radius 3 is 1.73 bits per heavy atom. The average molecular weight is 568 g/mol. The van der Waals surface area contributed by atoms with Crippen molar-refractivity contribution in [3.8, 4) is 22.5 Å². The van der Waals surface area contributed by atoms with Crippen LogP contribution in [-0.4, -0.2) is 16.6 Å². The van der Waals surface area contributed by atoms with E-state index in [-0.39, 0.29) is 17.0 Å². The Kier molecular flexibility index (Phi) is 9.03. The molecule has 4 aromatic carbocycles. The van der Waals surface area contributed by atoms with E-state index in [2.05, 4.69) is 123 Å². The number of aryl methyl sites for hydroxylation is 1. The van der Waals surface area contributed by atoms with Gasteiger partial charge in [-0.1, -0.05) is 86.1 Å². The molecule has 1 heterocycles. The maximum Gasteiger partial charge on any atom is 0.163 e. The van der Waals surface area contributed by atoms with E-state index in [9.17, 15) is 0 Å². The summed E-state index contributed by atoms with van der Waals surface area (Å²) in [6, 6.07) is 39.2. The molecule has 1 aromatic heterocycles. The highest BCUT2D eigenvalue weighted by molar-refractivity contribution is 7.95. The van der Waals surface area contributed by atoms with E-state index >= 15 is 0 Å². The van der Waals surface area contributed by atoms with Crippen LogP contribution >= 0.6 is 7.26 Å². The summed E-state index contributed by atoms with van der Waals surface area (Å²) >= 11 is 0. The van der Waals surface area contributed by atoms with E-state index in [1.807, 2.05) is 12.4 Å². The van der Waals surface area contributed by atoms with Crippen LogP contribution in [0.25, 0.3) is 22.5 Å². The first-order valence-electron chi connectivity index (χ1n) is 12.7. The Bertz CT molecular complexity index is 1360. The van der Waals surface area contributed by atoms with Crippen LogP contribution < -0.4 is 32.9 Å². The van der Waals surface area contributed by atoms with Crippen molar-refractivity contribution in [2.24, 2.45) is 0 Å². The zero-order valence-corrected chi connectivity index (χ0v) is 23.9. The van der Waals surface area contributed by atoms with Gasteiger partial charge in [-0.2, -0.15) is 0 Å². The molecule has 0 atom stereocenters. The smallest absolute Gasteiger partial charge is 0.163 e. The van der Waals surface area contributed by atoms with Crippen molar-refractivity contribution < 1.29 is 17.0 Å². The predicted molar refractivity (Wildman–Crippen MR) is 156 cm³/mol. The van der Waals surface area contributed by atoms with Crippen LogP contribution in [0, 0.1) is 0 Å². The zero-order valence-electron chi connectivity index (χ0n) is 21.4. The molecule has 0 saturated heterocycles. The van der Waals surface area contributed by atoms with Gasteiger partial charge in [0.25, 0.3) is 0 Å². The third-order valence-electron chi connectivity index (χ3n) is 6.93. The van der Waals surface area contributed by atoms with Crippen LogP contribution in [0.3, 0.4) is 0 Å². The van der Waals surface area contributed by atoms with E-state index in [1.165, 1.54) is 34.3 Å². The average Bonchev–Trinajstić information content (AvgIpc) is 2.97. The molecule has 2 nitrogen and oxygen atoms in total. The van der Waals surface area contributed by atoms with Crippen molar-refractivity contribution in [1.29, 1.82) is 0 Å². The van der Waals surface area contributed by atoms with Gasteiger partial charge in [0.2, 0.25) is 0 Å². The van der Waals surface area contributed by atoms with Crippen molar-refractivity contribution in [3.05, 3.63) is 127 Å². The van der Waals surface area contributed by atoms with Crippen LogP contribution in [0.4, 0.5) is 0 Å². The van der Waals surface area contributed by atoms with E-state index in [4.69, 9.17) is 9.97 Å². The molecule has 37 heavy (non-hydrogen) atoms. The van der Waals surface area contributed by atoms with Crippen molar-refractivity contribution in [2.45, 2.75) is 26.2 Å². The molecule has 0 aliphatic rings. The van der Waals surface area contributed by atoms with Gasteiger partial charge in [0.05, 0.1) is 12.2 Å². The summed E-state index contributed by atoms with van der Waals surface area (Å²) in [5.41, 5.74) is 4.68. The third-order valence-corrected chi connectivity index (χ3v) is 10.9. The van der Waals surface area contributed by atoms with Gasteiger partial charge in [0.15, 0.2) is 5.82 Å². The van der Waals surface area contributed by atoms with Gasteiger partial charge < -0.3 is 17.0 Å². The molecular formula is C33H32BrN2P. The molecule has 0 aliphatic carbocycles. The summed E-state index contributed by atoms with van der Waals surface area (Å²) in [7, 11) is -1.89. The summed E-state index contributed by atoms with van der Waals surface area (Å²) in [6.07, 6.45) is 7.49. The second-order valence-electron chi connectivity index (χ2n) is 9.29. The molecule has 0 amide bonds. The lowest BCUT2D eigenvalue weighted by Gasteiger charge is -2.25. The lowest BCUT2D eigenvalue weighted by atomic mass is 10.0. The highest BCUT2D eigenvalue weighted by atomic mass is 79.9. The molecule has 0 radical (unpaired) electrons. The normalized spacial score (nSPS) is 11.1. The molecule has 4 heteroatoms.